The predicted molar refractivity (Wildman–Crippen MR) is 87.2 cm³/mol. The summed E-state index contributed by atoms with van der Waals surface area (Å²) in [6.07, 6.45) is 3.74. The third kappa shape index (κ3) is 6.36. The van der Waals surface area contributed by atoms with E-state index < -0.39 is 0 Å². The first-order valence-electron chi connectivity index (χ1n) is 7.38. The van der Waals surface area contributed by atoms with Gasteiger partial charge in [-0.3, -0.25) is 4.79 Å². The van der Waals surface area contributed by atoms with Crippen LogP contribution in [-0.4, -0.2) is 32.7 Å². The van der Waals surface area contributed by atoms with Gasteiger partial charge in [-0.05, 0) is 56.0 Å². The number of methoxy groups -OCH3 is 1. The van der Waals surface area contributed by atoms with Crippen molar-refractivity contribution in [3.63, 3.8) is 0 Å². The molecule has 1 aliphatic heterocycles. The van der Waals surface area contributed by atoms with Gasteiger partial charge in [-0.25, -0.2) is 0 Å². The van der Waals surface area contributed by atoms with Gasteiger partial charge in [-0.2, -0.15) is 0 Å². The summed E-state index contributed by atoms with van der Waals surface area (Å²) in [4.78, 5) is 11.9. The summed E-state index contributed by atoms with van der Waals surface area (Å²) in [5.74, 6) is 1.59. The first-order chi connectivity index (χ1) is 9.78. The third-order valence-electron chi connectivity index (χ3n) is 3.80. The van der Waals surface area contributed by atoms with Crippen LogP contribution in [0.5, 0.6) is 5.75 Å². The topological polar surface area (TPSA) is 50.4 Å². The molecule has 1 saturated heterocycles. The molecule has 118 valence electrons. The molecule has 5 heteroatoms. The average molecular weight is 313 g/mol. The van der Waals surface area contributed by atoms with Gasteiger partial charge in [0.25, 0.3) is 0 Å². The lowest BCUT2D eigenvalue weighted by atomic mass is 9.94. The summed E-state index contributed by atoms with van der Waals surface area (Å²) in [5, 5.41) is 6.34. The molecule has 1 aliphatic rings. The van der Waals surface area contributed by atoms with Crippen molar-refractivity contribution >= 4 is 18.3 Å². The fourth-order valence-corrected chi connectivity index (χ4v) is 2.59. The Kier molecular flexibility index (Phi) is 8.16. The van der Waals surface area contributed by atoms with E-state index in [1.54, 1.807) is 7.11 Å². The number of carbonyl (C=O) groups is 1. The van der Waals surface area contributed by atoms with Crippen LogP contribution in [0, 0.1) is 5.92 Å². The molecule has 0 atom stereocenters. The molecule has 0 saturated carbocycles. The van der Waals surface area contributed by atoms with Crippen molar-refractivity contribution in [2.45, 2.75) is 25.7 Å². The molecule has 1 aromatic rings. The zero-order chi connectivity index (χ0) is 14.2. The van der Waals surface area contributed by atoms with Crippen molar-refractivity contribution in [1.82, 2.24) is 10.6 Å². The van der Waals surface area contributed by atoms with E-state index in [4.69, 9.17) is 4.74 Å². The van der Waals surface area contributed by atoms with E-state index in [1.807, 2.05) is 18.2 Å². The van der Waals surface area contributed by atoms with Crippen LogP contribution in [0.4, 0.5) is 0 Å². The summed E-state index contributed by atoms with van der Waals surface area (Å²) in [5.41, 5.74) is 1.19. The number of carbonyl (C=O) groups excluding carboxylic acids is 1. The number of hydrogen-bond donors (Lipinski definition) is 2. The standard InChI is InChI=1S/C16H24N2O2.ClH/c1-20-15-4-2-3-13(11-15)7-10-18-16(19)12-14-5-8-17-9-6-14;/h2-4,11,14,17H,5-10,12H2,1H3,(H,18,19);1H. The predicted octanol–water partition coefficient (Wildman–Crippen LogP) is 2.17. The molecule has 2 N–H and O–H groups in total. The molecule has 1 fully saturated rings. The Bertz CT molecular complexity index is 434. The fraction of sp³-hybridized carbons (Fsp3) is 0.562. The van der Waals surface area contributed by atoms with Crippen molar-refractivity contribution in [2.24, 2.45) is 5.92 Å². The highest BCUT2D eigenvalue weighted by molar-refractivity contribution is 5.85. The number of hydrogen-bond acceptors (Lipinski definition) is 3. The molecule has 4 nitrogen and oxygen atoms in total. The molecular weight excluding hydrogens is 288 g/mol. The second-order valence-corrected chi connectivity index (χ2v) is 5.35. The monoisotopic (exact) mass is 312 g/mol. The molecule has 2 rings (SSSR count). The summed E-state index contributed by atoms with van der Waals surface area (Å²) < 4.78 is 5.19. The van der Waals surface area contributed by atoms with Crippen LogP contribution in [0.25, 0.3) is 0 Å². The molecule has 0 aliphatic carbocycles. The van der Waals surface area contributed by atoms with Crippen LogP contribution in [0.3, 0.4) is 0 Å². The number of benzene rings is 1. The van der Waals surface area contributed by atoms with Crippen LogP contribution < -0.4 is 15.4 Å². The van der Waals surface area contributed by atoms with Crippen LogP contribution in [0.15, 0.2) is 24.3 Å². The minimum absolute atomic E-state index is 0. The zero-order valence-corrected chi connectivity index (χ0v) is 13.4. The van der Waals surface area contributed by atoms with E-state index in [1.165, 1.54) is 5.56 Å². The number of nitrogens with one attached hydrogen (secondary N) is 2. The first-order valence-corrected chi connectivity index (χ1v) is 7.38. The van der Waals surface area contributed by atoms with Crippen molar-refractivity contribution in [2.75, 3.05) is 26.7 Å². The molecule has 0 radical (unpaired) electrons. The molecule has 1 heterocycles. The Labute approximate surface area is 133 Å². The molecule has 1 aromatic carbocycles. The summed E-state index contributed by atoms with van der Waals surface area (Å²) in [6, 6.07) is 7.98. The summed E-state index contributed by atoms with van der Waals surface area (Å²) >= 11 is 0. The number of halogens is 1. The normalized spacial score (nSPS) is 15.1. The minimum atomic E-state index is 0. The van der Waals surface area contributed by atoms with E-state index in [-0.39, 0.29) is 18.3 Å². The Hall–Kier alpha value is -1.26. The second-order valence-electron chi connectivity index (χ2n) is 5.35. The summed E-state index contributed by atoms with van der Waals surface area (Å²) in [6.45, 7) is 2.78. The van der Waals surface area contributed by atoms with E-state index in [2.05, 4.69) is 16.7 Å². The lowest BCUT2D eigenvalue weighted by molar-refractivity contribution is -0.122. The lowest BCUT2D eigenvalue weighted by Gasteiger charge is -2.21. The molecule has 0 spiro atoms. The number of piperidine rings is 1. The Balaban J connectivity index is 0.00000220. The van der Waals surface area contributed by atoms with Gasteiger partial charge < -0.3 is 15.4 Å². The number of ether oxygens (including phenoxy) is 1. The molecular formula is C16H25ClN2O2. The maximum Gasteiger partial charge on any atom is 0.220 e. The molecule has 0 aromatic heterocycles. The van der Waals surface area contributed by atoms with E-state index in [0.29, 0.717) is 18.9 Å². The van der Waals surface area contributed by atoms with E-state index in [0.717, 1.165) is 38.1 Å². The van der Waals surface area contributed by atoms with Crippen LogP contribution in [0.2, 0.25) is 0 Å². The highest BCUT2D eigenvalue weighted by Crippen LogP contribution is 2.15. The van der Waals surface area contributed by atoms with E-state index in [9.17, 15) is 4.79 Å². The van der Waals surface area contributed by atoms with Gasteiger partial charge in [0.2, 0.25) is 5.91 Å². The Morgan fingerprint density at radius 3 is 2.86 bits per heavy atom. The van der Waals surface area contributed by atoms with Gasteiger partial charge in [0.15, 0.2) is 0 Å². The molecule has 0 unspecified atom stereocenters. The van der Waals surface area contributed by atoms with Gasteiger partial charge in [0, 0.05) is 13.0 Å². The van der Waals surface area contributed by atoms with Gasteiger partial charge in [-0.15, -0.1) is 12.4 Å². The largest absolute Gasteiger partial charge is 0.497 e. The zero-order valence-electron chi connectivity index (χ0n) is 12.6. The van der Waals surface area contributed by atoms with Crippen LogP contribution >= 0.6 is 12.4 Å². The summed E-state index contributed by atoms with van der Waals surface area (Å²) in [7, 11) is 1.67. The molecule has 0 bridgehead atoms. The molecule has 1 amide bonds. The van der Waals surface area contributed by atoms with Gasteiger partial charge in [0.1, 0.15) is 5.75 Å². The Morgan fingerprint density at radius 2 is 2.14 bits per heavy atom. The lowest BCUT2D eigenvalue weighted by Crippen LogP contribution is -2.33. The fourth-order valence-electron chi connectivity index (χ4n) is 2.59. The van der Waals surface area contributed by atoms with Crippen LogP contribution in [-0.2, 0) is 11.2 Å². The first kappa shape index (κ1) is 17.8. The van der Waals surface area contributed by atoms with Crippen molar-refractivity contribution in [3.05, 3.63) is 29.8 Å². The number of amides is 1. The third-order valence-corrected chi connectivity index (χ3v) is 3.80. The van der Waals surface area contributed by atoms with Gasteiger partial charge in [0.05, 0.1) is 7.11 Å². The second kappa shape index (κ2) is 9.64. The SMILES string of the molecule is COc1cccc(CCNC(=O)CC2CCNCC2)c1.Cl. The van der Waals surface area contributed by atoms with Gasteiger partial charge >= 0.3 is 0 Å². The highest BCUT2D eigenvalue weighted by atomic mass is 35.5. The number of rotatable bonds is 6. The quantitative estimate of drug-likeness (QED) is 0.846. The molecule has 21 heavy (non-hydrogen) atoms. The average Bonchev–Trinajstić information content (AvgIpc) is 2.48. The smallest absolute Gasteiger partial charge is 0.220 e. The maximum absolute atomic E-state index is 11.9. The van der Waals surface area contributed by atoms with Crippen LogP contribution in [0.1, 0.15) is 24.8 Å². The Morgan fingerprint density at radius 1 is 1.38 bits per heavy atom. The van der Waals surface area contributed by atoms with Crippen molar-refractivity contribution in [3.8, 4) is 5.75 Å². The van der Waals surface area contributed by atoms with E-state index >= 15 is 0 Å². The van der Waals surface area contributed by atoms with Crippen molar-refractivity contribution in [1.29, 1.82) is 0 Å². The maximum atomic E-state index is 11.9. The van der Waals surface area contributed by atoms with Crippen molar-refractivity contribution < 1.29 is 9.53 Å². The minimum Gasteiger partial charge on any atom is -0.497 e. The van der Waals surface area contributed by atoms with Gasteiger partial charge in [-0.1, -0.05) is 12.1 Å². The highest BCUT2D eigenvalue weighted by Gasteiger charge is 2.16.